The third kappa shape index (κ3) is 3.17. The van der Waals surface area contributed by atoms with E-state index >= 15 is 0 Å². The molecule has 17 heavy (non-hydrogen) atoms. The van der Waals surface area contributed by atoms with Gasteiger partial charge >= 0.3 is 0 Å². The minimum absolute atomic E-state index is 0.00685. The van der Waals surface area contributed by atoms with Gasteiger partial charge in [0.1, 0.15) is 5.82 Å². The van der Waals surface area contributed by atoms with E-state index in [9.17, 15) is 9.18 Å². The average Bonchev–Trinajstić information content (AvgIpc) is 2.78. The van der Waals surface area contributed by atoms with Gasteiger partial charge in [0.25, 0.3) is 5.91 Å². The van der Waals surface area contributed by atoms with Gasteiger partial charge in [-0.25, -0.2) is 4.39 Å². The molecule has 1 aliphatic heterocycles. The second-order valence-corrected chi connectivity index (χ2v) is 4.41. The lowest BCUT2D eigenvalue weighted by atomic mass is 10.2. The lowest BCUT2D eigenvalue weighted by Crippen LogP contribution is -2.32. The number of benzene rings is 1. The zero-order valence-electron chi connectivity index (χ0n) is 9.21. The lowest BCUT2D eigenvalue weighted by Gasteiger charge is -2.11. The van der Waals surface area contributed by atoms with Crippen molar-refractivity contribution in [2.24, 2.45) is 0 Å². The molecule has 1 aromatic carbocycles. The SMILES string of the molecule is O=C(NC[C@H]1CCCO1)c1ccc(Cl)cc1F. The molecule has 0 saturated carbocycles. The quantitative estimate of drug-likeness (QED) is 0.903. The number of nitrogens with one attached hydrogen (secondary N) is 1. The molecule has 1 aromatic rings. The first kappa shape index (κ1) is 12.3. The van der Waals surface area contributed by atoms with Gasteiger partial charge < -0.3 is 10.1 Å². The Kier molecular flexibility index (Phi) is 3.97. The highest BCUT2D eigenvalue weighted by molar-refractivity contribution is 6.30. The van der Waals surface area contributed by atoms with Crippen LogP contribution in [-0.2, 0) is 4.74 Å². The van der Waals surface area contributed by atoms with Crippen LogP contribution in [0.4, 0.5) is 4.39 Å². The monoisotopic (exact) mass is 257 g/mol. The number of hydrogen-bond donors (Lipinski definition) is 1. The molecule has 5 heteroatoms. The van der Waals surface area contributed by atoms with E-state index in [1.54, 1.807) is 0 Å². The lowest BCUT2D eigenvalue weighted by molar-refractivity contribution is 0.0854. The molecule has 0 aromatic heterocycles. The fourth-order valence-electron chi connectivity index (χ4n) is 1.78. The minimum atomic E-state index is -0.609. The number of hydrogen-bond acceptors (Lipinski definition) is 2. The van der Waals surface area contributed by atoms with Gasteiger partial charge in [-0.1, -0.05) is 11.6 Å². The first-order chi connectivity index (χ1) is 8.16. The van der Waals surface area contributed by atoms with Crippen molar-refractivity contribution < 1.29 is 13.9 Å². The van der Waals surface area contributed by atoms with Crippen molar-refractivity contribution in [2.45, 2.75) is 18.9 Å². The largest absolute Gasteiger partial charge is 0.376 e. The van der Waals surface area contributed by atoms with Crippen molar-refractivity contribution in [3.8, 4) is 0 Å². The van der Waals surface area contributed by atoms with Crippen LogP contribution >= 0.6 is 11.6 Å². The van der Waals surface area contributed by atoms with E-state index < -0.39 is 11.7 Å². The van der Waals surface area contributed by atoms with Crippen molar-refractivity contribution >= 4 is 17.5 Å². The average molecular weight is 258 g/mol. The van der Waals surface area contributed by atoms with Gasteiger partial charge in [0, 0.05) is 18.2 Å². The van der Waals surface area contributed by atoms with Crippen molar-refractivity contribution in [3.63, 3.8) is 0 Å². The second kappa shape index (κ2) is 5.47. The second-order valence-electron chi connectivity index (χ2n) is 3.97. The Bertz CT molecular complexity index is 419. The standard InChI is InChI=1S/C12H13ClFNO2/c13-8-3-4-10(11(14)6-8)12(16)15-7-9-2-1-5-17-9/h3-4,6,9H,1-2,5,7H2,(H,15,16)/t9-/m1/s1. The summed E-state index contributed by atoms with van der Waals surface area (Å²) in [5, 5.41) is 2.93. The Hall–Kier alpha value is -1.13. The predicted octanol–water partition coefficient (Wildman–Crippen LogP) is 2.39. The van der Waals surface area contributed by atoms with Gasteiger partial charge in [-0.15, -0.1) is 0 Å². The zero-order valence-corrected chi connectivity index (χ0v) is 9.97. The molecule has 0 bridgehead atoms. The third-order valence-corrected chi connectivity index (χ3v) is 2.93. The molecule has 1 fully saturated rings. The maximum absolute atomic E-state index is 13.4. The molecule has 2 rings (SSSR count). The highest BCUT2D eigenvalue weighted by Crippen LogP contribution is 2.15. The summed E-state index contributed by atoms with van der Waals surface area (Å²) in [4.78, 5) is 11.7. The summed E-state index contributed by atoms with van der Waals surface area (Å²) in [5.74, 6) is -1.04. The molecule has 0 spiro atoms. The number of carbonyl (C=O) groups is 1. The summed E-state index contributed by atoms with van der Waals surface area (Å²) in [6.07, 6.45) is 1.99. The fourth-order valence-corrected chi connectivity index (χ4v) is 1.94. The number of rotatable bonds is 3. The van der Waals surface area contributed by atoms with Gasteiger partial charge in [0.15, 0.2) is 0 Å². The molecule has 1 heterocycles. The van der Waals surface area contributed by atoms with Gasteiger partial charge in [-0.2, -0.15) is 0 Å². The van der Waals surface area contributed by atoms with Crippen LogP contribution in [-0.4, -0.2) is 25.2 Å². The van der Waals surface area contributed by atoms with E-state index in [0.29, 0.717) is 6.54 Å². The van der Waals surface area contributed by atoms with Crippen LogP contribution in [0.1, 0.15) is 23.2 Å². The molecule has 0 radical (unpaired) electrons. The Labute approximate surface area is 104 Å². The first-order valence-electron chi connectivity index (χ1n) is 5.51. The summed E-state index contributed by atoms with van der Waals surface area (Å²) in [6, 6.07) is 4.00. The van der Waals surface area contributed by atoms with E-state index in [0.717, 1.165) is 25.5 Å². The van der Waals surface area contributed by atoms with Crippen molar-refractivity contribution in [2.75, 3.05) is 13.2 Å². The number of carbonyl (C=O) groups excluding carboxylic acids is 1. The van der Waals surface area contributed by atoms with Crippen LogP contribution in [0.2, 0.25) is 5.02 Å². The van der Waals surface area contributed by atoms with Crippen molar-refractivity contribution in [3.05, 3.63) is 34.6 Å². The topological polar surface area (TPSA) is 38.3 Å². The predicted molar refractivity (Wildman–Crippen MR) is 62.7 cm³/mol. The van der Waals surface area contributed by atoms with E-state index in [4.69, 9.17) is 16.3 Å². The Morgan fingerprint density at radius 2 is 2.41 bits per heavy atom. The molecular weight excluding hydrogens is 245 g/mol. The third-order valence-electron chi connectivity index (χ3n) is 2.69. The number of ether oxygens (including phenoxy) is 1. The van der Waals surface area contributed by atoms with Crippen LogP contribution in [0.25, 0.3) is 0 Å². The van der Waals surface area contributed by atoms with E-state index in [-0.39, 0.29) is 16.7 Å². The number of halogens is 2. The van der Waals surface area contributed by atoms with Crippen LogP contribution in [0.15, 0.2) is 18.2 Å². The summed E-state index contributed by atoms with van der Waals surface area (Å²) in [5.41, 5.74) is 0.00685. The highest BCUT2D eigenvalue weighted by Gasteiger charge is 2.18. The van der Waals surface area contributed by atoms with Crippen LogP contribution < -0.4 is 5.32 Å². The zero-order chi connectivity index (χ0) is 12.3. The fraction of sp³-hybridized carbons (Fsp3) is 0.417. The molecule has 0 aliphatic carbocycles. The first-order valence-corrected chi connectivity index (χ1v) is 5.89. The summed E-state index contributed by atoms with van der Waals surface area (Å²) < 4.78 is 18.8. The molecule has 1 amide bonds. The molecule has 1 N–H and O–H groups in total. The van der Waals surface area contributed by atoms with Gasteiger partial charge in [-0.3, -0.25) is 4.79 Å². The van der Waals surface area contributed by atoms with E-state index in [2.05, 4.69) is 5.32 Å². The molecule has 0 unspecified atom stereocenters. The number of amides is 1. The van der Waals surface area contributed by atoms with Gasteiger partial charge in [0.2, 0.25) is 0 Å². The highest BCUT2D eigenvalue weighted by atomic mass is 35.5. The molecule has 1 saturated heterocycles. The Balaban J connectivity index is 1.94. The molecule has 3 nitrogen and oxygen atoms in total. The van der Waals surface area contributed by atoms with Crippen LogP contribution in [0, 0.1) is 5.82 Å². The van der Waals surface area contributed by atoms with Gasteiger partial charge in [0.05, 0.1) is 11.7 Å². The Morgan fingerprint density at radius 1 is 1.59 bits per heavy atom. The summed E-state index contributed by atoms with van der Waals surface area (Å²) in [6.45, 7) is 1.15. The van der Waals surface area contributed by atoms with Gasteiger partial charge in [-0.05, 0) is 31.0 Å². The molecule has 1 aliphatic rings. The van der Waals surface area contributed by atoms with E-state index in [1.165, 1.54) is 12.1 Å². The molecule has 92 valence electrons. The van der Waals surface area contributed by atoms with Crippen molar-refractivity contribution in [1.82, 2.24) is 5.32 Å². The maximum atomic E-state index is 13.4. The minimum Gasteiger partial charge on any atom is -0.376 e. The molecular formula is C12H13ClFNO2. The Morgan fingerprint density at radius 3 is 3.06 bits per heavy atom. The molecule has 1 atom stereocenters. The maximum Gasteiger partial charge on any atom is 0.254 e. The normalized spacial score (nSPS) is 19.3. The summed E-state index contributed by atoms with van der Waals surface area (Å²) >= 11 is 5.61. The van der Waals surface area contributed by atoms with Crippen LogP contribution in [0.3, 0.4) is 0 Å². The van der Waals surface area contributed by atoms with Crippen LogP contribution in [0.5, 0.6) is 0 Å². The van der Waals surface area contributed by atoms with E-state index in [1.807, 2.05) is 0 Å². The van der Waals surface area contributed by atoms with Crippen molar-refractivity contribution in [1.29, 1.82) is 0 Å². The summed E-state index contributed by atoms with van der Waals surface area (Å²) in [7, 11) is 0. The smallest absolute Gasteiger partial charge is 0.254 e.